The van der Waals surface area contributed by atoms with Gasteiger partial charge in [-0.15, -0.1) is 0 Å². The highest BCUT2D eigenvalue weighted by molar-refractivity contribution is 7.89. The second kappa shape index (κ2) is 10.8. The van der Waals surface area contributed by atoms with Crippen LogP contribution in [-0.4, -0.2) is 51.9 Å². The van der Waals surface area contributed by atoms with Gasteiger partial charge in [-0.3, -0.25) is 9.59 Å². The number of hydrogen-bond acceptors (Lipinski definition) is 5. The Hall–Kier alpha value is -2.91. The van der Waals surface area contributed by atoms with Crippen molar-refractivity contribution < 1.29 is 22.7 Å². The molecule has 0 bridgehead atoms. The number of nitrogens with one attached hydrogen (secondary N) is 1. The lowest BCUT2D eigenvalue weighted by Gasteiger charge is -2.30. The van der Waals surface area contributed by atoms with Crippen LogP contribution in [0.4, 0.5) is 5.69 Å². The molecule has 0 spiro atoms. The summed E-state index contributed by atoms with van der Waals surface area (Å²) in [7, 11) is -2.19. The van der Waals surface area contributed by atoms with Crippen LogP contribution < -0.4 is 14.4 Å². The highest BCUT2D eigenvalue weighted by Crippen LogP contribution is 2.31. The molecule has 1 saturated heterocycles. The van der Waals surface area contributed by atoms with Crippen LogP contribution in [0.5, 0.6) is 5.75 Å². The number of amides is 2. The minimum atomic E-state index is -3.74. The van der Waals surface area contributed by atoms with Crippen molar-refractivity contribution in [3.63, 3.8) is 0 Å². The average molecular weight is 500 g/mol. The summed E-state index contributed by atoms with van der Waals surface area (Å²) in [6, 6.07) is 12.1. The van der Waals surface area contributed by atoms with E-state index in [-0.39, 0.29) is 36.1 Å². The molecule has 2 aliphatic rings. The maximum Gasteiger partial charge on any atom is 0.240 e. The van der Waals surface area contributed by atoms with Gasteiger partial charge in [-0.25, -0.2) is 13.1 Å². The second-order valence-corrected chi connectivity index (χ2v) is 11.1. The van der Waals surface area contributed by atoms with Crippen molar-refractivity contribution in [1.29, 1.82) is 0 Å². The topological polar surface area (TPSA) is 96.0 Å². The zero-order valence-corrected chi connectivity index (χ0v) is 21.1. The Morgan fingerprint density at radius 3 is 2.49 bits per heavy atom. The summed E-state index contributed by atoms with van der Waals surface area (Å²) in [6.45, 7) is 4.33. The van der Waals surface area contributed by atoms with E-state index in [2.05, 4.69) is 11.6 Å². The number of carbonyl (C=O) groups is 2. The van der Waals surface area contributed by atoms with Crippen molar-refractivity contribution in [2.45, 2.75) is 50.5 Å². The number of methoxy groups -OCH3 is 1. The molecule has 188 valence electrons. The first-order valence-electron chi connectivity index (χ1n) is 12.1. The number of nitrogens with zero attached hydrogens (tertiary/aromatic N) is 2. The number of sulfonamides is 1. The number of fused-ring (bicyclic) bond motifs is 1. The second-order valence-electron chi connectivity index (χ2n) is 9.29. The number of ether oxygens (including phenoxy) is 1. The lowest BCUT2D eigenvalue weighted by molar-refractivity contribution is -0.134. The van der Waals surface area contributed by atoms with Crippen LogP contribution in [-0.2, 0) is 32.6 Å². The third-order valence-electron chi connectivity index (χ3n) is 6.89. The van der Waals surface area contributed by atoms with E-state index in [1.165, 1.54) is 6.07 Å². The Bertz CT molecular complexity index is 1190. The predicted molar refractivity (Wildman–Crippen MR) is 134 cm³/mol. The van der Waals surface area contributed by atoms with Gasteiger partial charge < -0.3 is 14.5 Å². The Morgan fingerprint density at radius 2 is 1.74 bits per heavy atom. The summed E-state index contributed by atoms with van der Waals surface area (Å²) in [5, 5.41) is 0. The summed E-state index contributed by atoms with van der Waals surface area (Å²) in [6.07, 6.45) is 2.97. The molecule has 2 aromatic carbocycles. The molecule has 9 heteroatoms. The summed E-state index contributed by atoms with van der Waals surface area (Å²) in [5.41, 5.74) is 2.28. The van der Waals surface area contributed by atoms with Crippen LogP contribution in [0.15, 0.2) is 47.4 Å². The molecule has 0 radical (unpaired) electrons. The van der Waals surface area contributed by atoms with E-state index < -0.39 is 10.0 Å². The Balaban J connectivity index is 1.37. The van der Waals surface area contributed by atoms with E-state index in [0.717, 1.165) is 42.7 Å². The maximum absolute atomic E-state index is 12.9. The van der Waals surface area contributed by atoms with E-state index in [1.54, 1.807) is 30.2 Å². The molecule has 0 aromatic heterocycles. The molecule has 0 saturated carbocycles. The lowest BCUT2D eigenvalue weighted by Crippen LogP contribution is -2.38. The quantitative estimate of drug-likeness (QED) is 0.602. The monoisotopic (exact) mass is 499 g/mol. The van der Waals surface area contributed by atoms with Gasteiger partial charge in [0.05, 0.1) is 12.0 Å². The van der Waals surface area contributed by atoms with Crippen LogP contribution in [0.3, 0.4) is 0 Å². The number of rotatable bonds is 8. The lowest BCUT2D eigenvalue weighted by atomic mass is 9.99. The largest absolute Gasteiger partial charge is 0.496 e. The van der Waals surface area contributed by atoms with Crippen molar-refractivity contribution in [3.8, 4) is 5.75 Å². The Kier molecular flexibility index (Phi) is 7.76. The predicted octanol–water partition coefficient (Wildman–Crippen LogP) is 3.10. The standard InChI is InChI=1S/C26H33N3O5S/c1-19-11-14-28(15-12-19)25(30)9-10-26(31)29-16-13-20-17-22(7-8-23(20)29)35(32,33)27-18-21-5-3-4-6-24(21)34-2/h3-8,17,19,27H,9-16,18H2,1-2H3. The van der Waals surface area contributed by atoms with Gasteiger partial charge >= 0.3 is 0 Å². The van der Waals surface area contributed by atoms with Gasteiger partial charge in [0.25, 0.3) is 0 Å². The summed E-state index contributed by atoms with van der Waals surface area (Å²) in [5.74, 6) is 1.19. The highest BCUT2D eigenvalue weighted by atomic mass is 32.2. The highest BCUT2D eigenvalue weighted by Gasteiger charge is 2.28. The number of carbonyl (C=O) groups excluding carboxylic acids is 2. The maximum atomic E-state index is 12.9. The van der Waals surface area contributed by atoms with Crippen LogP contribution in [0.1, 0.15) is 43.7 Å². The van der Waals surface area contributed by atoms with Crippen LogP contribution in [0.2, 0.25) is 0 Å². The number of likely N-dealkylation sites (tertiary alicyclic amines) is 1. The van der Waals surface area contributed by atoms with E-state index >= 15 is 0 Å². The summed E-state index contributed by atoms with van der Waals surface area (Å²) in [4.78, 5) is 29.1. The molecule has 0 aliphatic carbocycles. The Morgan fingerprint density at radius 1 is 1.03 bits per heavy atom. The summed E-state index contributed by atoms with van der Waals surface area (Å²) >= 11 is 0. The van der Waals surface area contributed by atoms with Gasteiger partial charge in [-0.1, -0.05) is 25.1 Å². The van der Waals surface area contributed by atoms with Crippen molar-refractivity contribution in [1.82, 2.24) is 9.62 Å². The fourth-order valence-corrected chi connectivity index (χ4v) is 5.73. The molecule has 8 nitrogen and oxygen atoms in total. The molecule has 4 rings (SSSR count). The number of para-hydroxylation sites is 1. The van der Waals surface area contributed by atoms with Gasteiger partial charge in [-0.05, 0) is 55.0 Å². The molecule has 0 unspecified atom stereocenters. The van der Waals surface area contributed by atoms with Crippen molar-refractivity contribution >= 4 is 27.5 Å². The van der Waals surface area contributed by atoms with Crippen LogP contribution in [0.25, 0.3) is 0 Å². The molecular weight excluding hydrogens is 466 g/mol. The van der Waals surface area contributed by atoms with Gasteiger partial charge in [0.1, 0.15) is 5.75 Å². The van der Waals surface area contributed by atoms with Crippen molar-refractivity contribution in [2.75, 3.05) is 31.6 Å². The van der Waals surface area contributed by atoms with E-state index in [4.69, 9.17) is 4.74 Å². The first-order valence-corrected chi connectivity index (χ1v) is 13.6. The van der Waals surface area contributed by atoms with E-state index in [0.29, 0.717) is 24.6 Å². The molecule has 1 fully saturated rings. The minimum absolute atomic E-state index is 0.0345. The van der Waals surface area contributed by atoms with Gasteiger partial charge in [0, 0.05) is 50.3 Å². The third-order valence-corrected chi connectivity index (χ3v) is 8.29. The smallest absolute Gasteiger partial charge is 0.240 e. The molecule has 2 amide bonds. The fourth-order valence-electron chi connectivity index (χ4n) is 4.67. The molecule has 35 heavy (non-hydrogen) atoms. The number of anilines is 1. The normalized spacial score (nSPS) is 16.3. The van der Waals surface area contributed by atoms with E-state index in [1.807, 2.05) is 23.1 Å². The molecule has 0 atom stereocenters. The zero-order valence-electron chi connectivity index (χ0n) is 20.3. The van der Waals surface area contributed by atoms with Crippen LogP contribution in [0, 0.1) is 5.92 Å². The molecule has 1 N–H and O–H groups in total. The number of hydrogen-bond donors (Lipinski definition) is 1. The zero-order chi connectivity index (χ0) is 25.0. The number of piperidine rings is 1. The van der Waals surface area contributed by atoms with E-state index in [9.17, 15) is 18.0 Å². The minimum Gasteiger partial charge on any atom is -0.496 e. The molecule has 2 aliphatic heterocycles. The average Bonchev–Trinajstić information content (AvgIpc) is 3.30. The van der Waals surface area contributed by atoms with Gasteiger partial charge in [0.15, 0.2) is 0 Å². The molecule has 2 aromatic rings. The first kappa shape index (κ1) is 25.2. The van der Waals surface area contributed by atoms with Gasteiger partial charge in [0.2, 0.25) is 21.8 Å². The van der Waals surface area contributed by atoms with Crippen LogP contribution >= 0.6 is 0 Å². The first-order chi connectivity index (χ1) is 16.8. The summed E-state index contributed by atoms with van der Waals surface area (Å²) < 4.78 is 33.7. The fraction of sp³-hybridized carbons (Fsp3) is 0.462. The van der Waals surface area contributed by atoms with Gasteiger partial charge in [-0.2, -0.15) is 0 Å². The molecule has 2 heterocycles. The Labute approximate surface area is 207 Å². The van der Waals surface area contributed by atoms with Crippen molar-refractivity contribution in [3.05, 3.63) is 53.6 Å². The van der Waals surface area contributed by atoms with Crippen molar-refractivity contribution in [2.24, 2.45) is 5.92 Å². The SMILES string of the molecule is COc1ccccc1CNS(=O)(=O)c1ccc2c(c1)CCN2C(=O)CCC(=O)N1CCC(C)CC1. The number of benzene rings is 2. The molecular formula is C26H33N3O5S. The third kappa shape index (κ3) is 5.85.